The van der Waals surface area contributed by atoms with Crippen molar-refractivity contribution in [2.45, 2.75) is 13.0 Å². The maximum absolute atomic E-state index is 13.3. The van der Waals surface area contributed by atoms with Crippen LogP contribution in [-0.4, -0.2) is 75.7 Å². The molecule has 35 heavy (non-hydrogen) atoms. The standard InChI is InChI=1S/C23H25F2N3O6S/c1-34-19-8-6-18(7-9-19)28(23(31)27-10-12-35(32,33)13-11-27)15-16-2-4-17(5-3-16)20(29)14-26-22(30)21(24)25/h2-9,21H,10-15H2,1H3,(H,26,30). The van der Waals surface area contributed by atoms with Crippen LogP contribution in [-0.2, 0) is 21.2 Å². The van der Waals surface area contributed by atoms with Gasteiger partial charge in [0.25, 0.3) is 5.91 Å². The van der Waals surface area contributed by atoms with Crippen LogP contribution in [0.3, 0.4) is 0 Å². The molecule has 1 heterocycles. The molecule has 3 amide bonds. The molecule has 0 aliphatic carbocycles. The summed E-state index contributed by atoms with van der Waals surface area (Å²) in [6.07, 6.45) is -3.20. The van der Waals surface area contributed by atoms with Crippen LogP contribution in [0.1, 0.15) is 15.9 Å². The van der Waals surface area contributed by atoms with E-state index in [2.05, 4.69) is 0 Å². The van der Waals surface area contributed by atoms with E-state index in [0.29, 0.717) is 17.0 Å². The van der Waals surface area contributed by atoms with Gasteiger partial charge in [-0.15, -0.1) is 0 Å². The van der Waals surface area contributed by atoms with E-state index in [1.807, 2.05) is 5.32 Å². The number of hydrogen-bond acceptors (Lipinski definition) is 6. The Balaban J connectivity index is 1.76. The molecule has 1 aliphatic rings. The van der Waals surface area contributed by atoms with E-state index in [4.69, 9.17) is 4.74 Å². The van der Waals surface area contributed by atoms with Crippen LogP contribution in [0.5, 0.6) is 5.75 Å². The van der Waals surface area contributed by atoms with Crippen molar-refractivity contribution in [3.05, 3.63) is 59.7 Å². The largest absolute Gasteiger partial charge is 0.497 e. The lowest BCUT2D eigenvalue weighted by Gasteiger charge is -2.33. The molecule has 12 heteroatoms. The summed E-state index contributed by atoms with van der Waals surface area (Å²) in [7, 11) is -1.64. The summed E-state index contributed by atoms with van der Waals surface area (Å²) < 4.78 is 53.3. The van der Waals surface area contributed by atoms with Crippen LogP contribution in [0.2, 0.25) is 0 Å². The average molecular weight is 510 g/mol. The fourth-order valence-corrected chi connectivity index (χ4v) is 4.63. The third-order valence-corrected chi connectivity index (χ3v) is 7.08. The van der Waals surface area contributed by atoms with Gasteiger partial charge in [-0.25, -0.2) is 13.2 Å². The first-order chi connectivity index (χ1) is 16.6. The van der Waals surface area contributed by atoms with E-state index in [1.54, 1.807) is 36.4 Å². The van der Waals surface area contributed by atoms with Gasteiger partial charge in [0, 0.05) is 24.3 Å². The number of ether oxygens (including phenoxy) is 1. The highest BCUT2D eigenvalue weighted by Gasteiger charge is 2.29. The number of hydrogen-bond donors (Lipinski definition) is 1. The van der Waals surface area contributed by atoms with Crippen LogP contribution in [0, 0.1) is 0 Å². The predicted molar refractivity (Wildman–Crippen MR) is 125 cm³/mol. The summed E-state index contributed by atoms with van der Waals surface area (Å²) >= 11 is 0. The van der Waals surface area contributed by atoms with E-state index in [1.165, 1.54) is 29.0 Å². The van der Waals surface area contributed by atoms with Gasteiger partial charge >= 0.3 is 12.5 Å². The van der Waals surface area contributed by atoms with Crippen LogP contribution < -0.4 is 15.0 Å². The Morgan fingerprint density at radius 2 is 1.63 bits per heavy atom. The highest BCUT2D eigenvalue weighted by molar-refractivity contribution is 7.91. The Labute approximate surface area is 201 Å². The van der Waals surface area contributed by atoms with Crippen molar-refractivity contribution >= 4 is 33.2 Å². The molecule has 0 bridgehead atoms. The number of carbonyl (C=O) groups excluding carboxylic acids is 3. The molecule has 0 saturated carbocycles. The zero-order valence-corrected chi connectivity index (χ0v) is 19.8. The fourth-order valence-electron chi connectivity index (χ4n) is 3.43. The number of halogens is 2. The minimum atomic E-state index is -3.20. The number of ketones is 1. The van der Waals surface area contributed by atoms with E-state index in [0.717, 1.165) is 0 Å². The molecule has 1 N–H and O–H groups in total. The first-order valence-electron chi connectivity index (χ1n) is 10.7. The summed E-state index contributed by atoms with van der Waals surface area (Å²) in [5, 5.41) is 1.87. The molecule has 0 aromatic heterocycles. The second-order valence-electron chi connectivity index (χ2n) is 7.84. The number of urea groups is 1. The molecule has 1 aliphatic heterocycles. The van der Waals surface area contributed by atoms with Crippen LogP contribution in [0.15, 0.2) is 48.5 Å². The first kappa shape index (κ1) is 26.1. The summed E-state index contributed by atoms with van der Waals surface area (Å²) in [6.45, 7) is -0.251. The van der Waals surface area contributed by atoms with Crippen molar-refractivity contribution in [1.82, 2.24) is 10.2 Å². The zero-order valence-electron chi connectivity index (χ0n) is 18.9. The molecular weight excluding hydrogens is 484 g/mol. The second-order valence-corrected chi connectivity index (χ2v) is 10.1. The minimum absolute atomic E-state index is 0.0889. The van der Waals surface area contributed by atoms with Gasteiger partial charge in [0.1, 0.15) is 5.75 Å². The first-order valence-corrected chi connectivity index (χ1v) is 12.5. The number of anilines is 1. The van der Waals surface area contributed by atoms with E-state index in [9.17, 15) is 31.6 Å². The maximum Gasteiger partial charge on any atom is 0.324 e. The molecule has 1 saturated heterocycles. The van der Waals surface area contributed by atoms with Gasteiger partial charge in [-0.05, 0) is 29.8 Å². The Morgan fingerprint density at radius 3 is 2.17 bits per heavy atom. The number of Topliss-reactive ketones (excluding diaryl/α,β-unsaturated/α-hetero) is 1. The number of benzene rings is 2. The van der Waals surface area contributed by atoms with Gasteiger partial charge in [0.15, 0.2) is 15.6 Å². The lowest BCUT2D eigenvalue weighted by molar-refractivity contribution is -0.131. The fraction of sp³-hybridized carbons (Fsp3) is 0.348. The van der Waals surface area contributed by atoms with Crippen molar-refractivity contribution in [3.63, 3.8) is 0 Å². The van der Waals surface area contributed by atoms with Gasteiger partial charge in [-0.2, -0.15) is 8.78 Å². The van der Waals surface area contributed by atoms with E-state index < -0.39 is 34.5 Å². The highest BCUT2D eigenvalue weighted by atomic mass is 32.2. The van der Waals surface area contributed by atoms with Gasteiger partial charge in [0.2, 0.25) is 0 Å². The molecule has 1 fully saturated rings. The molecule has 2 aromatic rings. The Hall–Kier alpha value is -3.54. The van der Waals surface area contributed by atoms with Crippen molar-refractivity contribution in [3.8, 4) is 5.75 Å². The van der Waals surface area contributed by atoms with Gasteiger partial charge in [-0.1, -0.05) is 24.3 Å². The number of methoxy groups -OCH3 is 1. The predicted octanol–water partition coefficient (Wildman–Crippen LogP) is 2.12. The molecule has 188 valence electrons. The lowest BCUT2D eigenvalue weighted by Crippen LogP contribution is -2.49. The summed E-state index contributed by atoms with van der Waals surface area (Å²) in [5.41, 5.74) is 1.46. The quantitative estimate of drug-likeness (QED) is 0.546. The average Bonchev–Trinajstić information content (AvgIpc) is 2.85. The molecule has 0 atom stereocenters. The second kappa shape index (κ2) is 11.3. The Morgan fingerprint density at radius 1 is 1.03 bits per heavy atom. The number of nitrogens with one attached hydrogen (secondary N) is 1. The summed E-state index contributed by atoms with van der Waals surface area (Å²) in [5.74, 6) is -1.66. The molecule has 0 spiro atoms. The zero-order chi connectivity index (χ0) is 25.6. The number of alkyl halides is 2. The smallest absolute Gasteiger partial charge is 0.324 e. The van der Waals surface area contributed by atoms with Gasteiger partial charge < -0.3 is 15.0 Å². The molecule has 3 rings (SSSR count). The van der Waals surface area contributed by atoms with Crippen LogP contribution in [0.25, 0.3) is 0 Å². The number of sulfone groups is 1. The third kappa shape index (κ3) is 6.98. The van der Waals surface area contributed by atoms with Crippen LogP contribution in [0.4, 0.5) is 19.3 Å². The molecule has 2 aromatic carbocycles. The summed E-state index contributed by atoms with van der Waals surface area (Å²) in [4.78, 5) is 39.4. The minimum Gasteiger partial charge on any atom is -0.497 e. The number of amides is 3. The lowest BCUT2D eigenvalue weighted by atomic mass is 10.1. The SMILES string of the molecule is COc1ccc(N(Cc2ccc(C(=O)CNC(=O)C(F)F)cc2)C(=O)N2CCS(=O)(=O)CC2)cc1. The van der Waals surface area contributed by atoms with Crippen molar-refractivity contribution in [1.29, 1.82) is 0 Å². The molecule has 0 unspecified atom stereocenters. The van der Waals surface area contributed by atoms with Crippen molar-refractivity contribution in [2.24, 2.45) is 0 Å². The Bertz CT molecular complexity index is 1160. The van der Waals surface area contributed by atoms with Gasteiger partial charge in [-0.3, -0.25) is 14.5 Å². The summed E-state index contributed by atoms with van der Waals surface area (Å²) in [6, 6.07) is 12.7. The topological polar surface area (TPSA) is 113 Å². The highest BCUT2D eigenvalue weighted by Crippen LogP contribution is 2.23. The normalized spacial score (nSPS) is 14.9. The number of nitrogens with zero attached hydrogens (tertiary/aromatic N) is 2. The molecule has 9 nitrogen and oxygen atoms in total. The molecular formula is C23H25F2N3O6S. The Kier molecular flexibility index (Phi) is 8.39. The molecule has 0 radical (unpaired) electrons. The van der Waals surface area contributed by atoms with E-state index >= 15 is 0 Å². The van der Waals surface area contributed by atoms with Crippen molar-refractivity contribution < 1.29 is 36.3 Å². The monoisotopic (exact) mass is 509 g/mol. The third-order valence-electron chi connectivity index (χ3n) is 5.47. The number of carbonyl (C=O) groups is 3. The maximum atomic E-state index is 13.3. The van der Waals surface area contributed by atoms with E-state index in [-0.39, 0.29) is 42.7 Å². The van der Waals surface area contributed by atoms with Gasteiger partial charge in [0.05, 0.1) is 31.7 Å². The van der Waals surface area contributed by atoms with Crippen molar-refractivity contribution in [2.75, 3.05) is 43.1 Å². The van der Waals surface area contributed by atoms with Crippen LogP contribution >= 0.6 is 0 Å². The number of rotatable bonds is 8.